The van der Waals surface area contributed by atoms with Crippen molar-refractivity contribution in [2.45, 2.75) is 30.5 Å². The number of H-pyrrole nitrogens is 1. The minimum Gasteiger partial charge on any atom is -0.364 e. The molecule has 9 nitrogen and oxygen atoms in total. The van der Waals surface area contributed by atoms with Crippen LogP contribution in [0.15, 0.2) is 60.5 Å². The molecule has 3 aromatic rings. The summed E-state index contributed by atoms with van der Waals surface area (Å²) in [7, 11) is 0. The third-order valence-corrected chi connectivity index (χ3v) is 6.33. The van der Waals surface area contributed by atoms with Crippen molar-refractivity contribution in [3.63, 3.8) is 0 Å². The average Bonchev–Trinajstić information content (AvgIpc) is 3.53. The van der Waals surface area contributed by atoms with Crippen molar-refractivity contribution in [3.8, 4) is 0 Å². The zero-order chi connectivity index (χ0) is 20.1. The second-order valence-electron chi connectivity index (χ2n) is 8.14. The molecule has 3 aliphatic rings. The van der Waals surface area contributed by atoms with Gasteiger partial charge in [0.25, 0.3) is 0 Å². The molecular weight excluding hydrogens is 378 g/mol. The predicted octanol–water partition coefficient (Wildman–Crippen LogP) is 1.30. The van der Waals surface area contributed by atoms with Crippen LogP contribution < -0.4 is 16.0 Å². The number of piperidine rings is 1. The molecule has 6 rings (SSSR count). The highest BCUT2D eigenvalue weighted by atomic mass is 15.2. The maximum Gasteiger partial charge on any atom is 0.142 e. The predicted molar refractivity (Wildman–Crippen MR) is 116 cm³/mol. The molecule has 0 radical (unpaired) electrons. The van der Waals surface area contributed by atoms with Gasteiger partial charge in [-0.2, -0.15) is 0 Å². The molecule has 1 aliphatic carbocycles. The second-order valence-corrected chi connectivity index (χ2v) is 8.14. The summed E-state index contributed by atoms with van der Waals surface area (Å²) in [5.41, 5.74) is 8.36. The maximum atomic E-state index is 6.86. The van der Waals surface area contributed by atoms with Gasteiger partial charge in [0.1, 0.15) is 23.6 Å². The lowest BCUT2D eigenvalue weighted by Gasteiger charge is -2.40. The summed E-state index contributed by atoms with van der Waals surface area (Å²) in [5, 5.41) is 4.62. The van der Waals surface area contributed by atoms with E-state index in [0.29, 0.717) is 0 Å². The molecule has 30 heavy (non-hydrogen) atoms. The van der Waals surface area contributed by atoms with Crippen LogP contribution in [0, 0.1) is 0 Å². The SMILES string of the molecule is NC1(C2=NC3C=C(n4ccnc4)C=CC3N2)CCN(c2ncnc3[nH]ccc23)CC1. The van der Waals surface area contributed by atoms with E-state index in [1.165, 1.54) is 0 Å². The van der Waals surface area contributed by atoms with Crippen LogP contribution in [0.4, 0.5) is 5.82 Å². The lowest BCUT2D eigenvalue weighted by molar-refractivity contribution is 0.422. The number of imidazole rings is 1. The summed E-state index contributed by atoms with van der Waals surface area (Å²) in [6.07, 6.45) is 17.1. The Labute approximate surface area is 173 Å². The molecule has 4 N–H and O–H groups in total. The molecule has 0 bridgehead atoms. The first-order valence-electron chi connectivity index (χ1n) is 10.2. The van der Waals surface area contributed by atoms with Crippen molar-refractivity contribution in [1.82, 2.24) is 29.8 Å². The zero-order valence-electron chi connectivity index (χ0n) is 16.4. The molecule has 5 heterocycles. The highest BCUT2D eigenvalue weighted by Crippen LogP contribution is 2.31. The first-order valence-corrected chi connectivity index (χ1v) is 10.2. The van der Waals surface area contributed by atoms with Crippen LogP contribution in [0.3, 0.4) is 0 Å². The number of aromatic nitrogens is 5. The number of nitrogens with zero attached hydrogens (tertiary/aromatic N) is 6. The van der Waals surface area contributed by atoms with Gasteiger partial charge in [-0.25, -0.2) is 15.0 Å². The quantitative estimate of drug-likeness (QED) is 0.610. The number of aromatic amines is 1. The van der Waals surface area contributed by atoms with E-state index in [2.05, 4.69) is 48.4 Å². The van der Waals surface area contributed by atoms with Crippen LogP contribution in [0.25, 0.3) is 16.7 Å². The summed E-state index contributed by atoms with van der Waals surface area (Å²) in [6.45, 7) is 1.66. The number of hydrogen-bond acceptors (Lipinski definition) is 7. The van der Waals surface area contributed by atoms with E-state index >= 15 is 0 Å². The Bertz CT molecular complexity index is 1160. The summed E-state index contributed by atoms with van der Waals surface area (Å²) in [6, 6.07) is 2.24. The van der Waals surface area contributed by atoms with E-state index in [-0.39, 0.29) is 12.1 Å². The number of hydrogen-bond donors (Lipinski definition) is 3. The number of amidine groups is 1. The summed E-state index contributed by atoms with van der Waals surface area (Å²) < 4.78 is 2.00. The van der Waals surface area contributed by atoms with Crippen molar-refractivity contribution in [2.75, 3.05) is 18.0 Å². The number of nitrogens with two attached hydrogens (primary N) is 1. The minimum absolute atomic E-state index is 0.0576. The number of fused-ring (bicyclic) bond motifs is 2. The highest BCUT2D eigenvalue weighted by molar-refractivity contribution is 5.95. The highest BCUT2D eigenvalue weighted by Gasteiger charge is 2.41. The van der Waals surface area contributed by atoms with Crippen LogP contribution in [-0.2, 0) is 0 Å². The fourth-order valence-corrected chi connectivity index (χ4v) is 4.57. The van der Waals surface area contributed by atoms with Gasteiger partial charge in [-0.05, 0) is 31.1 Å². The average molecular weight is 401 g/mol. The van der Waals surface area contributed by atoms with E-state index in [1.807, 2.05) is 23.0 Å². The molecule has 2 aliphatic heterocycles. The number of anilines is 1. The number of rotatable bonds is 3. The van der Waals surface area contributed by atoms with Crippen LogP contribution in [-0.4, -0.2) is 61.1 Å². The van der Waals surface area contributed by atoms with Crippen LogP contribution in [0.5, 0.6) is 0 Å². The van der Waals surface area contributed by atoms with Gasteiger partial charge in [0.05, 0.1) is 29.3 Å². The van der Waals surface area contributed by atoms with Crippen molar-refractivity contribution in [3.05, 3.63) is 55.5 Å². The van der Waals surface area contributed by atoms with Crippen molar-refractivity contribution in [2.24, 2.45) is 10.7 Å². The molecule has 1 saturated heterocycles. The minimum atomic E-state index is -0.449. The first-order chi connectivity index (χ1) is 14.7. The Morgan fingerprint density at radius 1 is 1.20 bits per heavy atom. The molecule has 9 heteroatoms. The molecule has 0 spiro atoms. The Morgan fingerprint density at radius 2 is 2.10 bits per heavy atom. The fourth-order valence-electron chi connectivity index (χ4n) is 4.57. The molecule has 0 amide bonds. The number of nitrogens with one attached hydrogen (secondary N) is 2. The van der Waals surface area contributed by atoms with Gasteiger partial charge in [-0.1, -0.05) is 6.08 Å². The monoisotopic (exact) mass is 401 g/mol. The summed E-state index contributed by atoms with van der Waals surface area (Å²) in [4.78, 5) is 23.4. The van der Waals surface area contributed by atoms with Crippen LogP contribution in [0.2, 0.25) is 0 Å². The van der Waals surface area contributed by atoms with Gasteiger partial charge >= 0.3 is 0 Å². The lowest BCUT2D eigenvalue weighted by Crippen LogP contribution is -2.59. The molecule has 152 valence electrons. The summed E-state index contributed by atoms with van der Waals surface area (Å²) >= 11 is 0. The van der Waals surface area contributed by atoms with E-state index in [4.69, 9.17) is 10.7 Å². The first kappa shape index (κ1) is 17.4. The Morgan fingerprint density at radius 3 is 2.93 bits per heavy atom. The van der Waals surface area contributed by atoms with Gasteiger partial charge in [-0.3, -0.25) is 4.99 Å². The maximum absolute atomic E-state index is 6.86. The molecule has 2 atom stereocenters. The topological polar surface area (TPSA) is 113 Å². The van der Waals surface area contributed by atoms with Gasteiger partial charge in [0.15, 0.2) is 0 Å². The number of allylic oxidation sites excluding steroid dienone is 2. The molecule has 0 saturated carbocycles. The lowest BCUT2D eigenvalue weighted by atomic mass is 9.87. The van der Waals surface area contributed by atoms with Crippen LogP contribution >= 0.6 is 0 Å². The Hall–Kier alpha value is -3.46. The smallest absolute Gasteiger partial charge is 0.142 e. The zero-order valence-corrected chi connectivity index (χ0v) is 16.4. The Kier molecular flexibility index (Phi) is 3.79. The van der Waals surface area contributed by atoms with Crippen molar-refractivity contribution in [1.29, 1.82) is 0 Å². The number of aliphatic imine (C=N–C) groups is 1. The van der Waals surface area contributed by atoms with Gasteiger partial charge in [0, 0.05) is 37.4 Å². The second kappa shape index (κ2) is 6.53. The molecular formula is C21H23N9. The summed E-state index contributed by atoms with van der Waals surface area (Å²) in [5.74, 6) is 1.88. The standard InChI is InChI=1S/C21H23N9/c22-21(4-8-29(9-5-21)19-15-3-6-24-18(15)25-12-26-19)20-27-16-2-1-14(11-17(16)28-20)30-10-7-23-13-30/h1-3,6-7,10-13,16-17H,4-5,8-9,22H2,(H,27,28)(H,24,25,26). The normalized spacial score (nSPS) is 25.0. The van der Waals surface area contributed by atoms with E-state index in [1.54, 1.807) is 18.9 Å². The molecule has 3 aromatic heterocycles. The van der Waals surface area contributed by atoms with Gasteiger partial charge in [0.2, 0.25) is 0 Å². The third-order valence-electron chi connectivity index (χ3n) is 6.33. The van der Waals surface area contributed by atoms with Crippen molar-refractivity contribution >= 4 is 28.4 Å². The van der Waals surface area contributed by atoms with Gasteiger partial charge < -0.3 is 25.5 Å². The van der Waals surface area contributed by atoms with E-state index in [0.717, 1.165) is 54.3 Å². The fraction of sp³-hybridized carbons (Fsp3) is 0.333. The Balaban J connectivity index is 1.20. The molecule has 0 aromatic carbocycles. The van der Waals surface area contributed by atoms with Crippen molar-refractivity contribution < 1.29 is 0 Å². The molecule has 1 fully saturated rings. The third kappa shape index (κ3) is 2.73. The van der Waals surface area contributed by atoms with Crippen LogP contribution in [0.1, 0.15) is 12.8 Å². The largest absolute Gasteiger partial charge is 0.364 e. The van der Waals surface area contributed by atoms with E-state index in [9.17, 15) is 0 Å². The van der Waals surface area contributed by atoms with E-state index < -0.39 is 5.54 Å². The van der Waals surface area contributed by atoms with Gasteiger partial charge in [-0.15, -0.1) is 0 Å². The molecule has 2 unspecified atom stereocenters.